The summed E-state index contributed by atoms with van der Waals surface area (Å²) in [7, 11) is 0. The van der Waals surface area contributed by atoms with Crippen LogP contribution in [0.2, 0.25) is 0 Å². The second-order valence-electron chi connectivity index (χ2n) is 7.36. The summed E-state index contributed by atoms with van der Waals surface area (Å²) >= 11 is 0. The van der Waals surface area contributed by atoms with Crippen molar-refractivity contribution in [1.29, 1.82) is 0 Å². The van der Waals surface area contributed by atoms with Crippen LogP contribution in [0.4, 0.5) is 0 Å². The molecule has 0 saturated heterocycles. The van der Waals surface area contributed by atoms with Gasteiger partial charge >= 0.3 is 0 Å². The standard InChI is InChI=1S/C20H27N3O3/c24-14-20(25)19-11-16-13-22(8-9-23(16)21-19)12-15-4-3-7-18(10-15)26-17-5-1-2-6-17/h3-4,7,10-11,17,20,24-25H,1-2,5-6,8-9,12-14H2/t20-/m1/s1. The molecule has 6 heteroatoms. The number of fused-ring (bicyclic) bond motifs is 1. The summed E-state index contributed by atoms with van der Waals surface area (Å²) in [6.45, 7) is 3.07. The molecule has 0 radical (unpaired) electrons. The van der Waals surface area contributed by atoms with Crippen LogP contribution < -0.4 is 4.74 Å². The summed E-state index contributed by atoms with van der Waals surface area (Å²) in [5.41, 5.74) is 2.89. The van der Waals surface area contributed by atoms with Crippen LogP contribution in [-0.2, 0) is 19.6 Å². The minimum atomic E-state index is -0.897. The zero-order chi connectivity index (χ0) is 17.9. The summed E-state index contributed by atoms with van der Waals surface area (Å²) in [6, 6.07) is 10.3. The van der Waals surface area contributed by atoms with Crippen LogP contribution in [0.5, 0.6) is 5.75 Å². The SMILES string of the molecule is OC[C@@H](O)c1cc2n(n1)CCN(Cc1cccc(OC3CCCC3)c1)C2. The molecule has 1 aromatic heterocycles. The van der Waals surface area contributed by atoms with E-state index in [-0.39, 0.29) is 6.61 Å². The van der Waals surface area contributed by atoms with Crippen molar-refractivity contribution < 1.29 is 14.9 Å². The van der Waals surface area contributed by atoms with Crippen LogP contribution in [0, 0.1) is 0 Å². The first kappa shape index (κ1) is 17.5. The number of nitrogens with zero attached hydrogens (tertiary/aromatic N) is 3. The predicted molar refractivity (Wildman–Crippen MR) is 97.7 cm³/mol. The van der Waals surface area contributed by atoms with E-state index in [0.29, 0.717) is 11.8 Å². The molecule has 140 valence electrons. The number of ether oxygens (including phenoxy) is 1. The van der Waals surface area contributed by atoms with E-state index < -0.39 is 6.10 Å². The zero-order valence-corrected chi connectivity index (χ0v) is 15.0. The molecule has 0 unspecified atom stereocenters. The molecule has 0 spiro atoms. The number of rotatable bonds is 6. The van der Waals surface area contributed by atoms with Crippen molar-refractivity contribution in [2.75, 3.05) is 13.2 Å². The second-order valence-corrected chi connectivity index (χ2v) is 7.36. The highest BCUT2D eigenvalue weighted by atomic mass is 16.5. The third kappa shape index (κ3) is 3.92. The molecule has 2 N–H and O–H groups in total. The first-order chi connectivity index (χ1) is 12.7. The number of hydrogen-bond acceptors (Lipinski definition) is 5. The Morgan fingerprint density at radius 2 is 2.04 bits per heavy atom. The van der Waals surface area contributed by atoms with Crippen molar-refractivity contribution >= 4 is 0 Å². The fourth-order valence-corrected chi connectivity index (χ4v) is 3.91. The molecular weight excluding hydrogens is 330 g/mol. The maximum absolute atomic E-state index is 9.77. The van der Waals surface area contributed by atoms with Crippen molar-refractivity contribution in [3.63, 3.8) is 0 Å². The number of aliphatic hydroxyl groups is 2. The van der Waals surface area contributed by atoms with E-state index >= 15 is 0 Å². The van der Waals surface area contributed by atoms with Gasteiger partial charge in [0.2, 0.25) is 0 Å². The lowest BCUT2D eigenvalue weighted by atomic mass is 10.1. The van der Waals surface area contributed by atoms with Gasteiger partial charge in [-0.1, -0.05) is 12.1 Å². The third-order valence-electron chi connectivity index (χ3n) is 5.32. The summed E-state index contributed by atoms with van der Waals surface area (Å²) in [6.07, 6.45) is 4.37. The Bertz CT molecular complexity index is 740. The van der Waals surface area contributed by atoms with E-state index in [4.69, 9.17) is 9.84 Å². The van der Waals surface area contributed by atoms with Crippen molar-refractivity contribution in [3.8, 4) is 5.75 Å². The van der Waals surface area contributed by atoms with Crippen molar-refractivity contribution in [3.05, 3.63) is 47.3 Å². The van der Waals surface area contributed by atoms with Gasteiger partial charge in [0, 0.05) is 19.6 Å². The van der Waals surface area contributed by atoms with E-state index in [1.165, 1.54) is 31.2 Å². The van der Waals surface area contributed by atoms with Gasteiger partial charge in [0.25, 0.3) is 0 Å². The largest absolute Gasteiger partial charge is 0.490 e. The first-order valence-corrected chi connectivity index (χ1v) is 9.55. The third-order valence-corrected chi connectivity index (χ3v) is 5.32. The van der Waals surface area contributed by atoms with Gasteiger partial charge in [0.1, 0.15) is 11.9 Å². The molecule has 2 aliphatic rings. The molecule has 0 amide bonds. The van der Waals surface area contributed by atoms with Gasteiger partial charge in [0.05, 0.1) is 30.6 Å². The highest BCUT2D eigenvalue weighted by Gasteiger charge is 2.21. The fraction of sp³-hybridized carbons (Fsp3) is 0.550. The summed E-state index contributed by atoms with van der Waals surface area (Å²) in [5, 5.41) is 23.3. The van der Waals surface area contributed by atoms with Gasteiger partial charge < -0.3 is 14.9 Å². The van der Waals surface area contributed by atoms with Gasteiger partial charge in [-0.05, 0) is 49.4 Å². The van der Waals surface area contributed by atoms with Crippen LogP contribution in [0.25, 0.3) is 0 Å². The first-order valence-electron chi connectivity index (χ1n) is 9.55. The van der Waals surface area contributed by atoms with Crippen LogP contribution in [0.3, 0.4) is 0 Å². The van der Waals surface area contributed by atoms with E-state index in [1.807, 2.05) is 10.7 Å². The Hall–Kier alpha value is -1.89. The number of aromatic nitrogens is 2. The molecule has 1 aliphatic carbocycles. The molecule has 1 aliphatic heterocycles. The Labute approximate surface area is 154 Å². The highest BCUT2D eigenvalue weighted by molar-refractivity contribution is 5.29. The Morgan fingerprint density at radius 1 is 1.19 bits per heavy atom. The van der Waals surface area contributed by atoms with Gasteiger partial charge in [-0.25, -0.2) is 0 Å². The summed E-state index contributed by atoms with van der Waals surface area (Å²) in [5.74, 6) is 0.977. The number of aliphatic hydroxyl groups excluding tert-OH is 2. The molecule has 1 fully saturated rings. The zero-order valence-electron chi connectivity index (χ0n) is 15.0. The number of hydrogen-bond donors (Lipinski definition) is 2. The average molecular weight is 357 g/mol. The molecule has 1 atom stereocenters. The lowest BCUT2D eigenvalue weighted by Crippen LogP contribution is -2.33. The Kier molecular flexibility index (Phi) is 5.24. The fourth-order valence-electron chi connectivity index (χ4n) is 3.91. The average Bonchev–Trinajstić information content (AvgIpc) is 3.30. The van der Waals surface area contributed by atoms with Crippen LogP contribution in [0.1, 0.15) is 48.7 Å². The van der Waals surface area contributed by atoms with E-state index in [2.05, 4.69) is 34.3 Å². The lowest BCUT2D eigenvalue weighted by molar-refractivity contribution is 0.0915. The highest BCUT2D eigenvalue weighted by Crippen LogP contribution is 2.25. The minimum absolute atomic E-state index is 0.298. The molecule has 0 bridgehead atoms. The maximum atomic E-state index is 9.77. The van der Waals surface area contributed by atoms with Crippen LogP contribution in [-0.4, -0.2) is 44.1 Å². The quantitative estimate of drug-likeness (QED) is 0.830. The van der Waals surface area contributed by atoms with E-state index in [9.17, 15) is 5.11 Å². The molecule has 4 rings (SSSR count). The monoisotopic (exact) mass is 357 g/mol. The maximum Gasteiger partial charge on any atom is 0.121 e. The molecule has 1 aromatic carbocycles. The molecule has 6 nitrogen and oxygen atoms in total. The summed E-state index contributed by atoms with van der Waals surface area (Å²) in [4.78, 5) is 2.38. The van der Waals surface area contributed by atoms with Crippen molar-refractivity contribution in [2.45, 2.75) is 57.5 Å². The second kappa shape index (κ2) is 7.78. The van der Waals surface area contributed by atoms with E-state index in [1.54, 1.807) is 0 Å². The topological polar surface area (TPSA) is 70.8 Å². The molecular formula is C20H27N3O3. The van der Waals surface area contributed by atoms with Gasteiger partial charge in [-0.15, -0.1) is 0 Å². The normalized spacial score (nSPS) is 19.5. The smallest absolute Gasteiger partial charge is 0.121 e. The number of benzene rings is 1. The Morgan fingerprint density at radius 3 is 2.85 bits per heavy atom. The summed E-state index contributed by atoms with van der Waals surface area (Å²) < 4.78 is 8.05. The van der Waals surface area contributed by atoms with Crippen LogP contribution in [0.15, 0.2) is 30.3 Å². The molecule has 1 saturated carbocycles. The molecule has 26 heavy (non-hydrogen) atoms. The van der Waals surface area contributed by atoms with Gasteiger partial charge in [-0.3, -0.25) is 9.58 Å². The molecule has 2 heterocycles. The lowest BCUT2D eigenvalue weighted by Gasteiger charge is -2.27. The van der Waals surface area contributed by atoms with Crippen LogP contribution >= 0.6 is 0 Å². The van der Waals surface area contributed by atoms with E-state index in [0.717, 1.165) is 37.6 Å². The minimum Gasteiger partial charge on any atom is -0.490 e. The Balaban J connectivity index is 1.39. The van der Waals surface area contributed by atoms with Crippen molar-refractivity contribution in [2.24, 2.45) is 0 Å². The predicted octanol–water partition coefficient (Wildman–Crippen LogP) is 2.25. The molecule has 2 aromatic rings. The van der Waals surface area contributed by atoms with Gasteiger partial charge in [0.15, 0.2) is 0 Å². The van der Waals surface area contributed by atoms with Gasteiger partial charge in [-0.2, -0.15) is 5.10 Å². The van der Waals surface area contributed by atoms with Crippen molar-refractivity contribution in [1.82, 2.24) is 14.7 Å².